The average molecular weight is 427 g/mol. The van der Waals surface area contributed by atoms with Crippen molar-refractivity contribution in [2.75, 3.05) is 11.1 Å². The van der Waals surface area contributed by atoms with Gasteiger partial charge in [0.15, 0.2) is 5.16 Å². The minimum absolute atomic E-state index is 0.0403. The van der Waals surface area contributed by atoms with E-state index in [4.69, 9.17) is 9.97 Å². The SMILES string of the molecule is CCc1cccc(C)c1NC(=O)CSc1nc2ccccc2c2nc3ccccc3n12. The first-order valence-electron chi connectivity index (χ1n) is 10.3. The molecule has 154 valence electrons. The number of hydrogen-bond donors (Lipinski definition) is 1. The third-order valence-electron chi connectivity index (χ3n) is 5.45. The Balaban J connectivity index is 1.51. The maximum atomic E-state index is 12.8. The summed E-state index contributed by atoms with van der Waals surface area (Å²) in [5, 5.41) is 4.87. The number of imidazole rings is 1. The van der Waals surface area contributed by atoms with Crippen molar-refractivity contribution in [3.05, 3.63) is 77.9 Å². The van der Waals surface area contributed by atoms with Crippen LogP contribution in [0.4, 0.5) is 5.69 Å². The van der Waals surface area contributed by atoms with Gasteiger partial charge in [-0.2, -0.15) is 0 Å². The molecule has 0 fully saturated rings. The Morgan fingerprint density at radius 2 is 1.74 bits per heavy atom. The Bertz CT molecular complexity index is 1440. The molecule has 5 aromatic rings. The number of para-hydroxylation sites is 4. The molecular formula is C25H22N4OS. The van der Waals surface area contributed by atoms with Gasteiger partial charge in [-0.25, -0.2) is 9.97 Å². The molecule has 5 rings (SSSR count). The molecule has 5 nitrogen and oxygen atoms in total. The second-order valence-electron chi connectivity index (χ2n) is 7.47. The van der Waals surface area contributed by atoms with Crippen LogP contribution < -0.4 is 5.32 Å². The average Bonchev–Trinajstić information content (AvgIpc) is 3.19. The number of rotatable bonds is 5. The molecule has 0 spiro atoms. The first-order chi connectivity index (χ1) is 15.2. The zero-order chi connectivity index (χ0) is 21.4. The number of aryl methyl sites for hydroxylation is 2. The molecule has 1 amide bonds. The summed E-state index contributed by atoms with van der Waals surface area (Å²) < 4.78 is 2.06. The predicted molar refractivity (Wildman–Crippen MR) is 128 cm³/mol. The molecule has 0 aliphatic carbocycles. The Morgan fingerprint density at radius 1 is 0.968 bits per heavy atom. The summed E-state index contributed by atoms with van der Waals surface area (Å²) in [5.74, 6) is 0.228. The molecule has 2 aromatic heterocycles. The quantitative estimate of drug-likeness (QED) is 0.292. The van der Waals surface area contributed by atoms with E-state index in [1.807, 2.05) is 67.6 Å². The predicted octanol–water partition coefficient (Wildman–Crippen LogP) is 5.64. The van der Waals surface area contributed by atoms with Gasteiger partial charge >= 0.3 is 0 Å². The summed E-state index contributed by atoms with van der Waals surface area (Å²) in [4.78, 5) is 22.5. The van der Waals surface area contributed by atoms with Gasteiger partial charge in [-0.05, 0) is 48.7 Å². The molecule has 6 heteroatoms. The number of hydrogen-bond acceptors (Lipinski definition) is 4. The molecular weight excluding hydrogens is 404 g/mol. The second-order valence-corrected chi connectivity index (χ2v) is 8.41. The number of thioether (sulfide) groups is 1. The molecule has 0 unspecified atom stereocenters. The lowest BCUT2D eigenvalue weighted by Crippen LogP contribution is -2.16. The number of fused-ring (bicyclic) bond motifs is 5. The molecule has 1 N–H and O–H groups in total. The fourth-order valence-corrected chi connectivity index (χ4v) is 4.73. The molecule has 0 saturated carbocycles. The summed E-state index contributed by atoms with van der Waals surface area (Å²) >= 11 is 1.43. The molecule has 0 aliphatic heterocycles. The first kappa shape index (κ1) is 19.6. The molecule has 31 heavy (non-hydrogen) atoms. The summed E-state index contributed by atoms with van der Waals surface area (Å²) in [6, 6.07) is 22.1. The van der Waals surface area contributed by atoms with E-state index in [2.05, 4.69) is 22.7 Å². The van der Waals surface area contributed by atoms with Crippen molar-refractivity contribution < 1.29 is 4.79 Å². The summed E-state index contributed by atoms with van der Waals surface area (Å²) in [6.45, 7) is 4.12. The van der Waals surface area contributed by atoms with E-state index in [1.165, 1.54) is 11.8 Å². The number of nitrogens with one attached hydrogen (secondary N) is 1. The normalized spacial score (nSPS) is 11.4. The van der Waals surface area contributed by atoms with E-state index in [0.29, 0.717) is 0 Å². The standard InChI is InChI=1S/C25H22N4OS/c1-3-17-10-8-9-16(2)23(17)28-22(30)15-31-25-27-19-12-5-4-11-18(19)24-26-20-13-6-7-14-21(20)29(24)25/h4-14H,3,15H2,1-2H3,(H,28,30). The molecule has 0 atom stereocenters. The topological polar surface area (TPSA) is 59.3 Å². The fourth-order valence-electron chi connectivity index (χ4n) is 3.92. The van der Waals surface area contributed by atoms with Crippen LogP contribution in [-0.2, 0) is 11.2 Å². The van der Waals surface area contributed by atoms with Crippen molar-refractivity contribution >= 4 is 50.9 Å². The lowest BCUT2D eigenvalue weighted by Gasteiger charge is -2.13. The monoisotopic (exact) mass is 426 g/mol. The van der Waals surface area contributed by atoms with Crippen molar-refractivity contribution in [1.29, 1.82) is 0 Å². The van der Waals surface area contributed by atoms with E-state index in [1.54, 1.807) is 0 Å². The first-order valence-corrected chi connectivity index (χ1v) is 11.3. The Kier molecular flexibility index (Phi) is 5.08. The lowest BCUT2D eigenvalue weighted by molar-refractivity contribution is -0.113. The highest BCUT2D eigenvalue weighted by Gasteiger charge is 2.16. The lowest BCUT2D eigenvalue weighted by atomic mass is 10.1. The highest BCUT2D eigenvalue weighted by Crippen LogP contribution is 2.29. The number of nitrogens with zero attached hydrogens (tertiary/aromatic N) is 3. The summed E-state index contributed by atoms with van der Waals surface area (Å²) in [5.41, 5.74) is 6.78. The Hall–Kier alpha value is -3.38. The summed E-state index contributed by atoms with van der Waals surface area (Å²) in [7, 11) is 0. The highest BCUT2D eigenvalue weighted by atomic mass is 32.2. The molecule has 0 radical (unpaired) electrons. The van der Waals surface area contributed by atoms with Crippen LogP contribution >= 0.6 is 11.8 Å². The van der Waals surface area contributed by atoms with Crippen molar-refractivity contribution in [1.82, 2.24) is 14.4 Å². The van der Waals surface area contributed by atoms with Crippen molar-refractivity contribution in [2.24, 2.45) is 0 Å². The second kappa shape index (κ2) is 8.04. The van der Waals surface area contributed by atoms with Gasteiger partial charge in [0.1, 0.15) is 5.65 Å². The van der Waals surface area contributed by atoms with Crippen LogP contribution in [0.1, 0.15) is 18.1 Å². The maximum Gasteiger partial charge on any atom is 0.234 e. The van der Waals surface area contributed by atoms with Crippen LogP contribution in [0.3, 0.4) is 0 Å². The van der Waals surface area contributed by atoms with Crippen LogP contribution in [-0.4, -0.2) is 26.0 Å². The van der Waals surface area contributed by atoms with E-state index in [9.17, 15) is 4.79 Å². The van der Waals surface area contributed by atoms with Gasteiger partial charge in [0.05, 0.1) is 22.3 Å². The third-order valence-corrected chi connectivity index (χ3v) is 6.39. The number of aromatic nitrogens is 3. The van der Waals surface area contributed by atoms with Crippen LogP contribution in [0, 0.1) is 6.92 Å². The maximum absolute atomic E-state index is 12.8. The van der Waals surface area contributed by atoms with Gasteiger partial charge in [-0.15, -0.1) is 0 Å². The van der Waals surface area contributed by atoms with Crippen LogP contribution in [0.15, 0.2) is 71.9 Å². The van der Waals surface area contributed by atoms with Crippen molar-refractivity contribution in [3.63, 3.8) is 0 Å². The number of benzene rings is 3. The number of amides is 1. The van der Waals surface area contributed by atoms with Crippen molar-refractivity contribution in [2.45, 2.75) is 25.4 Å². The minimum Gasteiger partial charge on any atom is -0.325 e. The van der Waals surface area contributed by atoms with Crippen LogP contribution in [0.2, 0.25) is 0 Å². The molecule has 2 heterocycles. The minimum atomic E-state index is -0.0403. The molecule has 0 saturated heterocycles. The van der Waals surface area contributed by atoms with E-state index in [-0.39, 0.29) is 11.7 Å². The van der Waals surface area contributed by atoms with Gasteiger partial charge in [0.2, 0.25) is 5.91 Å². The largest absolute Gasteiger partial charge is 0.325 e. The Morgan fingerprint density at radius 3 is 2.58 bits per heavy atom. The third kappa shape index (κ3) is 3.53. The van der Waals surface area contributed by atoms with Gasteiger partial charge in [0.25, 0.3) is 0 Å². The van der Waals surface area contributed by atoms with E-state index in [0.717, 1.165) is 56.0 Å². The fraction of sp³-hybridized carbons (Fsp3) is 0.160. The molecule has 0 aliphatic rings. The van der Waals surface area contributed by atoms with Crippen LogP contribution in [0.5, 0.6) is 0 Å². The van der Waals surface area contributed by atoms with Gasteiger partial charge in [0, 0.05) is 11.1 Å². The van der Waals surface area contributed by atoms with Gasteiger partial charge in [-0.1, -0.05) is 61.2 Å². The Labute approximate surface area is 184 Å². The molecule has 0 bridgehead atoms. The van der Waals surface area contributed by atoms with Gasteiger partial charge < -0.3 is 5.32 Å². The van der Waals surface area contributed by atoms with E-state index >= 15 is 0 Å². The number of carbonyl (C=O) groups excluding carboxylic acids is 1. The number of carbonyl (C=O) groups is 1. The molecule has 3 aromatic carbocycles. The summed E-state index contributed by atoms with van der Waals surface area (Å²) in [6.07, 6.45) is 0.873. The zero-order valence-corrected chi connectivity index (χ0v) is 18.2. The smallest absolute Gasteiger partial charge is 0.234 e. The zero-order valence-electron chi connectivity index (χ0n) is 17.4. The van der Waals surface area contributed by atoms with E-state index < -0.39 is 0 Å². The van der Waals surface area contributed by atoms with Crippen molar-refractivity contribution in [3.8, 4) is 0 Å². The van der Waals surface area contributed by atoms with Crippen LogP contribution in [0.25, 0.3) is 27.6 Å². The number of anilines is 1. The highest BCUT2D eigenvalue weighted by molar-refractivity contribution is 7.99. The van der Waals surface area contributed by atoms with Gasteiger partial charge in [-0.3, -0.25) is 9.20 Å².